The van der Waals surface area contributed by atoms with Crippen LogP contribution in [0.2, 0.25) is 0 Å². The maximum Gasteiger partial charge on any atom is 0.0628 e. The molecule has 1 fully saturated rings. The average molecular weight is 229 g/mol. The molecule has 2 N–H and O–H groups in total. The number of nitriles is 1. The highest BCUT2D eigenvalue weighted by molar-refractivity contribution is 5.53. The van der Waals surface area contributed by atoms with E-state index in [1.54, 1.807) is 0 Å². The molecule has 0 heterocycles. The smallest absolute Gasteiger partial charge is 0.0628 e. The van der Waals surface area contributed by atoms with Crippen molar-refractivity contribution >= 4 is 11.4 Å². The Hall–Kier alpha value is -1.69. The molecule has 1 aromatic carbocycles. The van der Waals surface area contributed by atoms with Gasteiger partial charge in [-0.15, -0.1) is 0 Å². The fraction of sp³-hybridized carbons (Fsp3) is 0.500. The van der Waals surface area contributed by atoms with Crippen LogP contribution in [0.4, 0.5) is 11.4 Å². The maximum atomic E-state index is 8.85. The monoisotopic (exact) mass is 229 g/mol. The fourth-order valence-electron chi connectivity index (χ4n) is 2.21. The minimum Gasteiger partial charge on any atom is -0.399 e. The van der Waals surface area contributed by atoms with Gasteiger partial charge in [-0.25, -0.2) is 0 Å². The van der Waals surface area contributed by atoms with Crippen molar-refractivity contribution in [2.75, 3.05) is 23.7 Å². The van der Waals surface area contributed by atoms with Crippen molar-refractivity contribution in [2.24, 2.45) is 5.41 Å². The summed E-state index contributed by atoms with van der Waals surface area (Å²) in [4.78, 5) is 2.34. The molecule has 1 aromatic rings. The van der Waals surface area contributed by atoms with Gasteiger partial charge in [0.1, 0.15) is 0 Å². The topological polar surface area (TPSA) is 53.0 Å². The standard InChI is InChI=1S/C14H19N3/c1-2-17(11-14(7-8-14)9-10-15)13-5-3-12(16)4-6-13/h3-6H,2,7-9,11,16H2,1H3. The number of nitrogens with zero attached hydrogens (tertiary/aromatic N) is 2. The highest BCUT2D eigenvalue weighted by Gasteiger charge is 2.43. The van der Waals surface area contributed by atoms with Gasteiger partial charge >= 0.3 is 0 Å². The van der Waals surface area contributed by atoms with E-state index in [-0.39, 0.29) is 5.41 Å². The molecule has 17 heavy (non-hydrogen) atoms. The summed E-state index contributed by atoms with van der Waals surface area (Å²) in [7, 11) is 0. The van der Waals surface area contributed by atoms with E-state index < -0.39 is 0 Å². The lowest BCUT2D eigenvalue weighted by Crippen LogP contribution is -2.30. The van der Waals surface area contributed by atoms with Gasteiger partial charge in [0.05, 0.1) is 6.07 Å². The van der Waals surface area contributed by atoms with Gasteiger partial charge < -0.3 is 10.6 Å². The summed E-state index contributed by atoms with van der Waals surface area (Å²) in [5.74, 6) is 0. The van der Waals surface area contributed by atoms with E-state index in [4.69, 9.17) is 11.0 Å². The Morgan fingerprint density at radius 3 is 2.47 bits per heavy atom. The molecule has 1 aliphatic rings. The van der Waals surface area contributed by atoms with Crippen molar-refractivity contribution < 1.29 is 0 Å². The summed E-state index contributed by atoms with van der Waals surface area (Å²) in [6.45, 7) is 4.11. The molecule has 0 aromatic heterocycles. The lowest BCUT2D eigenvalue weighted by molar-refractivity contribution is 0.513. The van der Waals surface area contributed by atoms with Gasteiger partial charge in [0.2, 0.25) is 0 Å². The van der Waals surface area contributed by atoms with E-state index in [0.717, 1.165) is 18.8 Å². The Morgan fingerprint density at radius 2 is 2.00 bits per heavy atom. The molecule has 3 nitrogen and oxygen atoms in total. The second kappa shape index (κ2) is 4.67. The summed E-state index contributed by atoms with van der Waals surface area (Å²) in [5, 5.41) is 8.85. The van der Waals surface area contributed by atoms with Crippen LogP contribution in [-0.4, -0.2) is 13.1 Å². The predicted molar refractivity (Wildman–Crippen MR) is 70.6 cm³/mol. The molecule has 0 saturated heterocycles. The molecule has 2 rings (SSSR count). The maximum absolute atomic E-state index is 8.85. The first-order valence-electron chi connectivity index (χ1n) is 6.16. The second-order valence-electron chi connectivity index (χ2n) is 4.94. The molecule has 0 atom stereocenters. The van der Waals surface area contributed by atoms with E-state index in [1.165, 1.54) is 18.5 Å². The van der Waals surface area contributed by atoms with Gasteiger partial charge in [0.25, 0.3) is 0 Å². The van der Waals surface area contributed by atoms with Gasteiger partial charge in [-0.2, -0.15) is 5.26 Å². The van der Waals surface area contributed by atoms with E-state index in [1.807, 2.05) is 12.1 Å². The SMILES string of the molecule is CCN(CC1(CC#N)CC1)c1ccc(N)cc1. The van der Waals surface area contributed by atoms with Crippen LogP contribution in [0, 0.1) is 16.7 Å². The Bertz CT molecular complexity index is 412. The summed E-state index contributed by atoms with van der Waals surface area (Å²) < 4.78 is 0. The van der Waals surface area contributed by atoms with Crippen LogP contribution in [-0.2, 0) is 0 Å². The summed E-state index contributed by atoms with van der Waals surface area (Å²) in [6, 6.07) is 10.3. The van der Waals surface area contributed by atoms with E-state index in [9.17, 15) is 0 Å². The average Bonchev–Trinajstić information content (AvgIpc) is 3.08. The molecule has 1 saturated carbocycles. The van der Waals surface area contributed by atoms with Crippen LogP contribution in [0.25, 0.3) is 0 Å². The molecule has 0 radical (unpaired) electrons. The zero-order valence-electron chi connectivity index (χ0n) is 10.3. The Morgan fingerprint density at radius 1 is 1.35 bits per heavy atom. The second-order valence-corrected chi connectivity index (χ2v) is 4.94. The third-order valence-electron chi connectivity index (χ3n) is 3.58. The third-order valence-corrected chi connectivity index (χ3v) is 3.58. The van der Waals surface area contributed by atoms with Gasteiger partial charge in [0, 0.05) is 36.3 Å². The molecule has 0 amide bonds. The summed E-state index contributed by atoms with van der Waals surface area (Å²) in [5.41, 5.74) is 7.94. The zero-order valence-corrected chi connectivity index (χ0v) is 10.3. The van der Waals surface area contributed by atoms with E-state index in [2.05, 4.69) is 30.0 Å². The predicted octanol–water partition coefficient (Wildman–Crippen LogP) is 2.79. The third kappa shape index (κ3) is 2.71. The fourth-order valence-corrected chi connectivity index (χ4v) is 2.21. The number of nitrogens with two attached hydrogens (primary N) is 1. The Balaban J connectivity index is 2.07. The van der Waals surface area contributed by atoms with E-state index in [0.29, 0.717) is 6.42 Å². The number of hydrogen-bond donors (Lipinski definition) is 1. The zero-order chi connectivity index (χ0) is 12.3. The van der Waals surface area contributed by atoms with Crippen LogP contribution in [0.1, 0.15) is 26.2 Å². The van der Waals surface area contributed by atoms with Crippen molar-refractivity contribution in [3.63, 3.8) is 0 Å². The Kier molecular flexibility index (Phi) is 3.23. The van der Waals surface area contributed by atoms with Gasteiger partial charge in [-0.05, 0) is 44.0 Å². The van der Waals surface area contributed by atoms with Crippen LogP contribution >= 0.6 is 0 Å². The quantitative estimate of drug-likeness (QED) is 0.790. The van der Waals surface area contributed by atoms with Crippen molar-refractivity contribution in [1.29, 1.82) is 5.26 Å². The first-order valence-corrected chi connectivity index (χ1v) is 6.16. The van der Waals surface area contributed by atoms with Crippen LogP contribution in [0.15, 0.2) is 24.3 Å². The molecule has 0 bridgehead atoms. The normalized spacial score (nSPS) is 16.2. The minimum atomic E-state index is 0.256. The molecule has 1 aliphatic carbocycles. The van der Waals surface area contributed by atoms with Gasteiger partial charge in [-0.1, -0.05) is 0 Å². The van der Waals surface area contributed by atoms with Crippen LogP contribution in [0.5, 0.6) is 0 Å². The van der Waals surface area contributed by atoms with Crippen molar-refractivity contribution in [2.45, 2.75) is 26.2 Å². The highest BCUT2D eigenvalue weighted by atomic mass is 15.1. The van der Waals surface area contributed by atoms with Gasteiger partial charge in [-0.3, -0.25) is 0 Å². The van der Waals surface area contributed by atoms with Crippen LogP contribution < -0.4 is 10.6 Å². The number of hydrogen-bond acceptors (Lipinski definition) is 3. The summed E-state index contributed by atoms with van der Waals surface area (Å²) >= 11 is 0. The number of nitrogen functional groups attached to an aromatic ring is 1. The van der Waals surface area contributed by atoms with Crippen molar-refractivity contribution in [1.82, 2.24) is 0 Å². The van der Waals surface area contributed by atoms with Crippen molar-refractivity contribution in [3.8, 4) is 6.07 Å². The minimum absolute atomic E-state index is 0.256. The lowest BCUT2D eigenvalue weighted by atomic mass is 10.0. The molecular formula is C14H19N3. The molecule has 0 aliphatic heterocycles. The Labute approximate surface area is 103 Å². The molecular weight excluding hydrogens is 210 g/mol. The number of rotatable bonds is 5. The largest absolute Gasteiger partial charge is 0.399 e. The van der Waals surface area contributed by atoms with Gasteiger partial charge in [0.15, 0.2) is 0 Å². The van der Waals surface area contributed by atoms with E-state index >= 15 is 0 Å². The first-order chi connectivity index (χ1) is 8.19. The molecule has 0 spiro atoms. The molecule has 90 valence electrons. The first kappa shape index (κ1) is 11.8. The number of anilines is 2. The molecule has 0 unspecified atom stereocenters. The van der Waals surface area contributed by atoms with Crippen LogP contribution in [0.3, 0.4) is 0 Å². The highest BCUT2D eigenvalue weighted by Crippen LogP contribution is 2.49. The summed E-state index contributed by atoms with van der Waals surface area (Å²) in [6.07, 6.45) is 3.05. The molecule has 3 heteroatoms. The lowest BCUT2D eigenvalue weighted by Gasteiger charge is -2.27. The van der Waals surface area contributed by atoms with Crippen molar-refractivity contribution in [3.05, 3.63) is 24.3 Å². The number of benzene rings is 1.